The number of fused-ring (bicyclic) bond motifs is 2. The van der Waals surface area contributed by atoms with Crippen molar-refractivity contribution in [1.29, 1.82) is 0 Å². The number of methoxy groups -OCH3 is 1. The topological polar surface area (TPSA) is 110 Å². The van der Waals surface area contributed by atoms with Crippen LogP contribution in [0.1, 0.15) is 44.3 Å². The van der Waals surface area contributed by atoms with Crippen LogP contribution in [0.5, 0.6) is 11.5 Å². The summed E-state index contributed by atoms with van der Waals surface area (Å²) in [4.78, 5) is 41.1. The highest BCUT2D eigenvalue weighted by Gasteiger charge is 2.48. The van der Waals surface area contributed by atoms with Crippen molar-refractivity contribution in [2.24, 2.45) is 11.8 Å². The zero-order chi connectivity index (χ0) is 28.0. The van der Waals surface area contributed by atoms with Gasteiger partial charge in [0.1, 0.15) is 21.9 Å². The van der Waals surface area contributed by atoms with Crippen LogP contribution in [0.25, 0.3) is 17.4 Å². The van der Waals surface area contributed by atoms with Gasteiger partial charge in [-0.25, -0.2) is 4.79 Å². The summed E-state index contributed by atoms with van der Waals surface area (Å²) in [6, 6.07) is 8.24. The molecule has 4 atom stereocenters. The fraction of sp³-hybridized carbons (Fsp3) is 0.448. The molecule has 2 bridgehead atoms. The molecule has 1 aromatic heterocycles. The highest BCUT2D eigenvalue weighted by Crippen LogP contribution is 2.49. The summed E-state index contributed by atoms with van der Waals surface area (Å²) in [6.45, 7) is 0.0868. The van der Waals surface area contributed by atoms with Gasteiger partial charge in [0.15, 0.2) is 18.1 Å². The minimum Gasteiger partial charge on any atom is -0.493 e. The molecule has 9 nitrogen and oxygen atoms in total. The number of likely N-dealkylation sites (tertiary alicyclic amines) is 1. The van der Waals surface area contributed by atoms with E-state index in [0.717, 1.165) is 12.3 Å². The number of hydrogen-bond acceptors (Lipinski definition) is 8. The van der Waals surface area contributed by atoms with Crippen LogP contribution < -0.4 is 9.47 Å². The van der Waals surface area contributed by atoms with Gasteiger partial charge in [-0.15, -0.1) is 0 Å². The highest BCUT2D eigenvalue weighted by molar-refractivity contribution is 8.26. The van der Waals surface area contributed by atoms with Gasteiger partial charge in [-0.05, 0) is 74.3 Å². The van der Waals surface area contributed by atoms with E-state index in [4.69, 9.17) is 26.1 Å². The van der Waals surface area contributed by atoms with Crippen LogP contribution in [0, 0.1) is 11.8 Å². The molecule has 0 radical (unpaired) electrons. The number of thioether (sulfide) groups is 1. The smallest absolute Gasteiger partial charge is 0.326 e. The molecule has 1 N–H and O–H groups in total. The van der Waals surface area contributed by atoms with Gasteiger partial charge in [-0.1, -0.05) is 30.4 Å². The first-order valence-electron chi connectivity index (χ1n) is 13.5. The van der Waals surface area contributed by atoms with Gasteiger partial charge in [0.25, 0.3) is 11.8 Å². The van der Waals surface area contributed by atoms with E-state index in [1.54, 1.807) is 30.3 Å². The molecule has 2 saturated carbocycles. The number of rotatable bonds is 8. The Balaban J connectivity index is 1.15. The number of hydrogen-bond donors (Lipinski definition) is 1. The van der Waals surface area contributed by atoms with Crippen LogP contribution in [-0.4, -0.2) is 69.4 Å². The third-order valence-corrected chi connectivity index (χ3v) is 9.74. The van der Waals surface area contributed by atoms with Crippen molar-refractivity contribution in [3.63, 3.8) is 0 Å². The molecule has 2 amide bonds. The van der Waals surface area contributed by atoms with Crippen LogP contribution in [0.3, 0.4) is 0 Å². The second-order valence-corrected chi connectivity index (χ2v) is 12.4. The van der Waals surface area contributed by atoms with Gasteiger partial charge >= 0.3 is 5.97 Å². The van der Waals surface area contributed by atoms with Gasteiger partial charge in [-0.2, -0.15) is 0 Å². The van der Waals surface area contributed by atoms with Crippen molar-refractivity contribution in [1.82, 2.24) is 9.80 Å². The Morgan fingerprint density at radius 2 is 2.02 bits per heavy atom. The molecular formula is C29H30N2O7S2. The van der Waals surface area contributed by atoms with Crippen LogP contribution in [-0.2, 0) is 14.4 Å². The average molecular weight is 583 g/mol. The normalized spacial score (nSPS) is 26.8. The number of amides is 2. The third kappa shape index (κ3) is 5.01. The van der Waals surface area contributed by atoms with Crippen molar-refractivity contribution in [3.8, 4) is 22.8 Å². The third-order valence-electron chi connectivity index (χ3n) is 8.41. The molecule has 4 aliphatic rings. The molecule has 2 saturated heterocycles. The molecule has 210 valence electrons. The first-order valence-corrected chi connectivity index (χ1v) is 14.7. The largest absolute Gasteiger partial charge is 0.493 e. The number of thiocarbonyl (C=S) groups is 1. The molecule has 11 heteroatoms. The zero-order valence-electron chi connectivity index (χ0n) is 22.0. The lowest BCUT2D eigenvalue weighted by Crippen LogP contribution is -2.42. The molecule has 6 rings (SSSR count). The van der Waals surface area contributed by atoms with Crippen LogP contribution in [0.2, 0.25) is 0 Å². The first-order chi connectivity index (χ1) is 19.3. The highest BCUT2D eigenvalue weighted by atomic mass is 32.2. The van der Waals surface area contributed by atoms with Crippen molar-refractivity contribution in [3.05, 3.63) is 41.0 Å². The summed E-state index contributed by atoms with van der Waals surface area (Å²) in [7, 11) is 1.50. The lowest BCUT2D eigenvalue weighted by Gasteiger charge is -2.30. The number of carboxylic acids is 1. The maximum Gasteiger partial charge on any atom is 0.326 e. The Morgan fingerprint density at radius 1 is 1.18 bits per heavy atom. The van der Waals surface area contributed by atoms with Crippen LogP contribution in [0.4, 0.5) is 0 Å². The lowest BCUT2D eigenvalue weighted by molar-refractivity contribution is -0.149. The Hall–Kier alpha value is -3.31. The van der Waals surface area contributed by atoms with Gasteiger partial charge in [-0.3, -0.25) is 14.5 Å². The Bertz CT molecular complexity index is 1400. The van der Waals surface area contributed by atoms with Crippen molar-refractivity contribution in [2.75, 3.05) is 20.3 Å². The summed E-state index contributed by atoms with van der Waals surface area (Å²) < 4.78 is 17.9. The van der Waals surface area contributed by atoms with E-state index in [0.29, 0.717) is 63.1 Å². The number of furan rings is 1. The number of benzene rings is 1. The molecule has 2 aliphatic heterocycles. The van der Waals surface area contributed by atoms with E-state index in [-0.39, 0.29) is 24.5 Å². The summed E-state index contributed by atoms with van der Waals surface area (Å²) in [5.41, 5.74) is 0.696. The second kappa shape index (κ2) is 10.9. The standard InChI is InChI=1S/C29H30N2O7S2/c1-36-23-8-6-18(13-24(23)37-15-26(32)30-10-2-3-20(30)28(34)35)22-9-7-19(38-22)14-25-27(33)31(29(39)40-25)21-12-16-4-5-17(21)11-16/h6-9,13-14,16-17,20-21H,2-5,10-12,15H2,1H3,(H,34,35)/b25-14-/t16?,17?,20-,21?/m0/s1. The first kappa shape index (κ1) is 26.9. The number of nitrogens with zero attached hydrogens (tertiary/aromatic N) is 2. The number of carbonyl (C=O) groups is 3. The molecule has 1 aromatic carbocycles. The van der Waals surface area contributed by atoms with Gasteiger partial charge in [0.05, 0.1) is 12.0 Å². The minimum absolute atomic E-state index is 0.0431. The molecule has 0 spiro atoms. The predicted octanol–water partition coefficient (Wildman–Crippen LogP) is 4.80. The predicted molar refractivity (Wildman–Crippen MR) is 153 cm³/mol. The molecule has 3 unspecified atom stereocenters. The van der Waals surface area contributed by atoms with Crippen LogP contribution in [0.15, 0.2) is 39.7 Å². The van der Waals surface area contributed by atoms with E-state index in [2.05, 4.69) is 0 Å². The maximum atomic E-state index is 13.3. The van der Waals surface area contributed by atoms with Crippen molar-refractivity contribution >= 4 is 52.2 Å². The Morgan fingerprint density at radius 3 is 2.75 bits per heavy atom. The molecule has 4 fully saturated rings. The number of carboxylic acid groups (broad SMARTS) is 1. The lowest BCUT2D eigenvalue weighted by atomic mass is 9.94. The number of aliphatic carboxylic acids is 1. The zero-order valence-corrected chi connectivity index (χ0v) is 23.7. The SMILES string of the molecule is COc1ccc(-c2ccc(/C=C3\SC(=S)N(C4CC5CCC4C5)C3=O)o2)cc1OCC(=O)N1CCC[C@H]1C(=O)O. The molecule has 40 heavy (non-hydrogen) atoms. The quantitative estimate of drug-likeness (QED) is 0.347. The second-order valence-electron chi connectivity index (χ2n) is 10.7. The van der Waals surface area contributed by atoms with E-state index in [9.17, 15) is 19.5 Å². The van der Waals surface area contributed by atoms with Gasteiger partial charge in [0, 0.05) is 24.2 Å². The molecular weight excluding hydrogens is 552 g/mol. The fourth-order valence-corrected chi connectivity index (χ4v) is 7.85. The van der Waals surface area contributed by atoms with Gasteiger partial charge in [0.2, 0.25) is 0 Å². The number of ether oxygens (including phenoxy) is 2. The molecule has 2 aromatic rings. The number of carbonyl (C=O) groups excluding carboxylic acids is 2. The molecule has 3 heterocycles. The van der Waals surface area contributed by atoms with E-state index >= 15 is 0 Å². The van der Waals surface area contributed by atoms with Gasteiger partial charge < -0.3 is 23.9 Å². The minimum atomic E-state index is -1.01. The van der Waals surface area contributed by atoms with E-state index in [1.165, 1.54) is 43.0 Å². The van der Waals surface area contributed by atoms with Crippen molar-refractivity contribution < 1.29 is 33.4 Å². The molecule has 2 aliphatic carbocycles. The summed E-state index contributed by atoms with van der Waals surface area (Å²) in [5, 5.41) is 9.37. The Labute approximate surface area is 241 Å². The Kier molecular flexibility index (Phi) is 7.35. The average Bonchev–Trinajstić information content (AvgIpc) is 3.77. The van der Waals surface area contributed by atoms with E-state index in [1.807, 2.05) is 11.0 Å². The maximum absolute atomic E-state index is 13.3. The van der Waals surface area contributed by atoms with E-state index < -0.39 is 12.0 Å². The van der Waals surface area contributed by atoms with Crippen LogP contribution >= 0.6 is 24.0 Å². The summed E-state index contributed by atoms with van der Waals surface area (Å²) in [5.74, 6) is 1.69. The fourth-order valence-electron chi connectivity index (χ4n) is 6.49. The summed E-state index contributed by atoms with van der Waals surface area (Å²) in [6.07, 6.45) is 7.51. The van der Waals surface area contributed by atoms with Crippen molar-refractivity contribution in [2.45, 2.75) is 50.6 Å². The summed E-state index contributed by atoms with van der Waals surface area (Å²) >= 11 is 6.92. The monoisotopic (exact) mass is 582 g/mol.